The second-order valence-electron chi connectivity index (χ2n) is 4.51. The van der Waals surface area contributed by atoms with E-state index in [2.05, 4.69) is 23.7 Å². The second kappa shape index (κ2) is 7.36. The van der Waals surface area contributed by atoms with Gasteiger partial charge < -0.3 is 15.4 Å². The van der Waals surface area contributed by atoms with Crippen molar-refractivity contribution in [3.8, 4) is 0 Å². The van der Waals surface area contributed by atoms with Crippen LogP contribution in [0.2, 0.25) is 0 Å². The summed E-state index contributed by atoms with van der Waals surface area (Å²) >= 11 is 0. The summed E-state index contributed by atoms with van der Waals surface area (Å²) < 4.78 is 5.66. The Labute approximate surface area is 121 Å². The van der Waals surface area contributed by atoms with Crippen molar-refractivity contribution in [1.29, 1.82) is 0 Å². The Morgan fingerprint density at radius 3 is 2.47 bits per heavy atom. The van der Waals surface area contributed by atoms with Crippen molar-refractivity contribution in [2.24, 2.45) is 4.99 Å². The minimum Gasteiger partial charge on any atom is -0.475 e. The molecule has 0 saturated carbocycles. The van der Waals surface area contributed by atoms with Gasteiger partial charge in [-0.15, -0.1) is 12.4 Å². The standard InChI is InChI=1S/C14H21N3O.ClH/c1-3-17(4-2)9-13-10-18-14(16-13)11-5-7-12(15)8-6-11;/h5-8,13H,3-4,9-10,15H2,1-2H3;1H/t13-;/m0./s1. The molecule has 1 aromatic carbocycles. The van der Waals surface area contributed by atoms with E-state index in [4.69, 9.17) is 10.5 Å². The summed E-state index contributed by atoms with van der Waals surface area (Å²) in [6, 6.07) is 7.90. The summed E-state index contributed by atoms with van der Waals surface area (Å²) in [6.07, 6.45) is 0. The maximum atomic E-state index is 5.67. The first-order chi connectivity index (χ1) is 8.72. The van der Waals surface area contributed by atoms with Crippen molar-refractivity contribution < 1.29 is 4.74 Å². The SMILES string of the molecule is CCN(CC)C[C@H]1COC(c2ccc(N)cc2)=N1.Cl. The van der Waals surface area contributed by atoms with Gasteiger partial charge in [-0.1, -0.05) is 13.8 Å². The molecule has 0 amide bonds. The molecule has 106 valence electrons. The largest absolute Gasteiger partial charge is 0.475 e. The number of benzene rings is 1. The van der Waals surface area contributed by atoms with Gasteiger partial charge in [0.1, 0.15) is 12.6 Å². The number of rotatable bonds is 5. The van der Waals surface area contributed by atoms with Crippen molar-refractivity contribution >= 4 is 24.0 Å². The van der Waals surface area contributed by atoms with Crippen molar-refractivity contribution in [3.63, 3.8) is 0 Å². The highest BCUT2D eigenvalue weighted by molar-refractivity contribution is 5.95. The zero-order valence-corrected chi connectivity index (χ0v) is 12.3. The lowest BCUT2D eigenvalue weighted by Gasteiger charge is -2.19. The van der Waals surface area contributed by atoms with Crippen LogP contribution in [0.25, 0.3) is 0 Å². The molecule has 0 bridgehead atoms. The molecule has 2 N–H and O–H groups in total. The molecule has 0 fully saturated rings. The highest BCUT2D eigenvalue weighted by Gasteiger charge is 2.21. The first kappa shape index (κ1) is 15.8. The zero-order chi connectivity index (χ0) is 13.0. The molecule has 1 atom stereocenters. The summed E-state index contributed by atoms with van der Waals surface area (Å²) in [7, 11) is 0. The molecule has 0 aromatic heterocycles. The van der Waals surface area contributed by atoms with Gasteiger partial charge in [0.15, 0.2) is 0 Å². The molecule has 1 aliphatic rings. The van der Waals surface area contributed by atoms with E-state index < -0.39 is 0 Å². The molecule has 0 radical (unpaired) electrons. The molecule has 0 saturated heterocycles. The van der Waals surface area contributed by atoms with Crippen molar-refractivity contribution in [2.75, 3.05) is 32.0 Å². The number of anilines is 1. The van der Waals surface area contributed by atoms with E-state index in [0.29, 0.717) is 6.61 Å². The van der Waals surface area contributed by atoms with Crippen molar-refractivity contribution in [1.82, 2.24) is 4.90 Å². The molecular formula is C14H22ClN3O. The molecule has 0 spiro atoms. The molecule has 0 aliphatic carbocycles. The van der Waals surface area contributed by atoms with E-state index in [-0.39, 0.29) is 18.4 Å². The quantitative estimate of drug-likeness (QED) is 0.843. The molecule has 19 heavy (non-hydrogen) atoms. The fourth-order valence-corrected chi connectivity index (χ4v) is 2.07. The third-order valence-corrected chi connectivity index (χ3v) is 3.23. The summed E-state index contributed by atoms with van der Waals surface area (Å²) in [5.74, 6) is 0.743. The smallest absolute Gasteiger partial charge is 0.216 e. The summed E-state index contributed by atoms with van der Waals surface area (Å²) in [5, 5.41) is 0. The van der Waals surface area contributed by atoms with Gasteiger partial charge in [-0.3, -0.25) is 0 Å². The van der Waals surface area contributed by atoms with Crippen LogP contribution in [0.4, 0.5) is 5.69 Å². The Balaban J connectivity index is 0.00000180. The Kier molecular flexibility index (Phi) is 6.12. The van der Waals surface area contributed by atoms with Crippen LogP contribution in [-0.4, -0.2) is 43.1 Å². The minimum absolute atomic E-state index is 0. The lowest BCUT2D eigenvalue weighted by atomic mass is 10.2. The molecule has 1 aliphatic heterocycles. The van der Waals surface area contributed by atoms with Gasteiger partial charge in [0.2, 0.25) is 5.90 Å². The summed E-state index contributed by atoms with van der Waals surface area (Å²) in [5.41, 5.74) is 7.43. The van der Waals surface area contributed by atoms with Gasteiger partial charge in [-0.2, -0.15) is 0 Å². The molecule has 1 aromatic rings. The Bertz CT molecular complexity index is 415. The number of hydrogen-bond acceptors (Lipinski definition) is 4. The average Bonchev–Trinajstić information content (AvgIpc) is 2.85. The van der Waals surface area contributed by atoms with Crippen LogP contribution in [0, 0.1) is 0 Å². The van der Waals surface area contributed by atoms with E-state index in [1.165, 1.54) is 0 Å². The van der Waals surface area contributed by atoms with E-state index >= 15 is 0 Å². The van der Waals surface area contributed by atoms with Gasteiger partial charge in [0.05, 0.1) is 0 Å². The van der Waals surface area contributed by atoms with Crippen LogP contribution in [0.3, 0.4) is 0 Å². The van der Waals surface area contributed by atoms with E-state index in [1.807, 2.05) is 24.3 Å². The first-order valence-electron chi connectivity index (χ1n) is 6.51. The molecule has 5 heteroatoms. The van der Waals surface area contributed by atoms with Gasteiger partial charge >= 0.3 is 0 Å². The monoisotopic (exact) mass is 283 g/mol. The fraction of sp³-hybridized carbons (Fsp3) is 0.500. The lowest BCUT2D eigenvalue weighted by Crippen LogP contribution is -2.31. The number of nitrogen functional groups attached to an aromatic ring is 1. The lowest BCUT2D eigenvalue weighted by molar-refractivity contribution is 0.245. The number of aliphatic imine (C=N–C) groups is 1. The summed E-state index contributed by atoms with van der Waals surface area (Å²) in [4.78, 5) is 7.00. The maximum Gasteiger partial charge on any atom is 0.216 e. The van der Waals surface area contributed by atoms with E-state index in [9.17, 15) is 0 Å². The van der Waals surface area contributed by atoms with Gasteiger partial charge in [-0.05, 0) is 37.4 Å². The van der Waals surface area contributed by atoms with Crippen LogP contribution in [0.5, 0.6) is 0 Å². The minimum atomic E-state index is 0. The Morgan fingerprint density at radius 2 is 1.89 bits per heavy atom. The number of nitrogens with two attached hydrogens (primary N) is 1. The zero-order valence-electron chi connectivity index (χ0n) is 11.5. The second-order valence-corrected chi connectivity index (χ2v) is 4.51. The summed E-state index contributed by atoms with van der Waals surface area (Å²) in [6.45, 7) is 8.09. The van der Waals surface area contributed by atoms with Gasteiger partial charge in [-0.25, -0.2) is 4.99 Å². The highest BCUT2D eigenvalue weighted by Crippen LogP contribution is 2.14. The van der Waals surface area contributed by atoms with Crippen LogP contribution >= 0.6 is 12.4 Å². The van der Waals surface area contributed by atoms with E-state index in [0.717, 1.165) is 36.8 Å². The highest BCUT2D eigenvalue weighted by atomic mass is 35.5. The topological polar surface area (TPSA) is 50.9 Å². The average molecular weight is 284 g/mol. The number of likely N-dealkylation sites (N-methyl/N-ethyl adjacent to an activating group) is 1. The number of ether oxygens (including phenoxy) is 1. The molecule has 2 rings (SSSR count). The van der Waals surface area contributed by atoms with E-state index in [1.54, 1.807) is 0 Å². The molecule has 0 unspecified atom stereocenters. The van der Waals surface area contributed by atoms with Crippen LogP contribution in [0.15, 0.2) is 29.3 Å². The number of nitrogens with zero attached hydrogens (tertiary/aromatic N) is 2. The Morgan fingerprint density at radius 1 is 1.26 bits per heavy atom. The molecular weight excluding hydrogens is 262 g/mol. The molecule has 1 heterocycles. The fourth-order valence-electron chi connectivity index (χ4n) is 2.07. The normalized spacial score (nSPS) is 17.8. The van der Waals surface area contributed by atoms with Crippen LogP contribution in [-0.2, 0) is 4.74 Å². The number of hydrogen-bond donors (Lipinski definition) is 1. The van der Waals surface area contributed by atoms with Gasteiger partial charge in [0, 0.05) is 17.8 Å². The first-order valence-corrected chi connectivity index (χ1v) is 6.51. The third-order valence-electron chi connectivity index (χ3n) is 3.23. The van der Waals surface area contributed by atoms with Crippen molar-refractivity contribution in [2.45, 2.75) is 19.9 Å². The molecule has 4 nitrogen and oxygen atoms in total. The van der Waals surface area contributed by atoms with Crippen LogP contribution < -0.4 is 5.73 Å². The van der Waals surface area contributed by atoms with Gasteiger partial charge in [0.25, 0.3) is 0 Å². The predicted molar refractivity (Wildman–Crippen MR) is 82.2 cm³/mol. The third kappa shape index (κ3) is 4.11. The predicted octanol–water partition coefficient (Wildman–Crippen LogP) is 2.18. The maximum absolute atomic E-state index is 5.67. The number of halogens is 1. The van der Waals surface area contributed by atoms with Crippen LogP contribution in [0.1, 0.15) is 19.4 Å². The van der Waals surface area contributed by atoms with Crippen molar-refractivity contribution in [3.05, 3.63) is 29.8 Å². The Hall–Kier alpha value is -1.26.